The summed E-state index contributed by atoms with van der Waals surface area (Å²) < 4.78 is 195. The maximum absolute atomic E-state index is 13.6. The molecule has 0 saturated carbocycles. The number of aliphatic hydroxyl groups is 1. The lowest BCUT2D eigenvalue weighted by atomic mass is 9.85. The van der Waals surface area contributed by atoms with Gasteiger partial charge < -0.3 is 10.2 Å². The van der Waals surface area contributed by atoms with Gasteiger partial charge in [0.25, 0.3) is 0 Å². The largest absolute Gasteiger partial charge is 0.478 e. The zero-order chi connectivity index (χ0) is 25.6. The number of allylic oxidation sites excluding steroid dienone is 1. The Morgan fingerprint density at radius 1 is 0.742 bits per heavy atom. The van der Waals surface area contributed by atoms with Gasteiger partial charge in [-0.05, 0) is 6.92 Å². The summed E-state index contributed by atoms with van der Waals surface area (Å²) in [5.74, 6) is -34.4. The van der Waals surface area contributed by atoms with Crippen LogP contribution in [0, 0.1) is 0 Å². The zero-order valence-electron chi connectivity index (χ0n) is 14.3. The minimum absolute atomic E-state index is 0.639. The second-order valence-corrected chi connectivity index (χ2v) is 6.03. The Bertz CT molecular complexity index is 688. The molecule has 1 unspecified atom stereocenters. The van der Waals surface area contributed by atoms with Crippen LogP contribution in [0.3, 0.4) is 0 Å². The van der Waals surface area contributed by atoms with Gasteiger partial charge in [-0.3, -0.25) is 0 Å². The van der Waals surface area contributed by atoms with Crippen LogP contribution in [0.5, 0.6) is 0 Å². The number of hydrogen-bond donors (Lipinski definition) is 2. The normalized spacial score (nSPS) is 17.0. The number of aliphatic hydroxyl groups excluding tert-OH is 1. The van der Waals surface area contributed by atoms with Gasteiger partial charge in [-0.15, -0.1) is 0 Å². The molecule has 0 saturated heterocycles. The Morgan fingerprint density at radius 2 is 1.10 bits per heavy atom. The van der Waals surface area contributed by atoms with Crippen molar-refractivity contribution in [3.8, 4) is 0 Å². The van der Waals surface area contributed by atoms with Crippen molar-refractivity contribution in [3.05, 3.63) is 11.6 Å². The lowest BCUT2D eigenvalue weighted by Crippen LogP contribution is -2.75. The van der Waals surface area contributed by atoms with Crippen LogP contribution in [0.25, 0.3) is 0 Å². The number of hydrogen-bond acceptors (Lipinski definition) is 2. The smallest absolute Gasteiger partial charge is 0.438 e. The summed E-state index contributed by atoms with van der Waals surface area (Å²) in [6.07, 6.45) is -21.3. The monoisotopic (exact) mass is 498 g/mol. The summed E-state index contributed by atoms with van der Waals surface area (Å²) in [5.41, 5.74) is -10.5. The first-order chi connectivity index (χ1) is 13.2. The van der Waals surface area contributed by atoms with Gasteiger partial charge in [0.1, 0.15) is 0 Å². The van der Waals surface area contributed by atoms with Crippen LogP contribution in [0.4, 0.5) is 65.9 Å². The average molecular weight is 498 g/mol. The van der Waals surface area contributed by atoms with Gasteiger partial charge in [-0.1, -0.05) is 0 Å². The highest BCUT2D eigenvalue weighted by atomic mass is 19.4. The van der Waals surface area contributed by atoms with Gasteiger partial charge in [0, 0.05) is 18.1 Å². The molecule has 0 heterocycles. The molecule has 0 rings (SSSR count). The second-order valence-electron chi connectivity index (χ2n) is 6.03. The summed E-state index contributed by atoms with van der Waals surface area (Å²) >= 11 is 0. The molecule has 0 aliphatic carbocycles. The van der Waals surface area contributed by atoms with Crippen LogP contribution in [0.2, 0.25) is 0 Å². The standard InChI is InChI=1S/C13H9F15O3/c1-4(29)2-5(6(30)31)3-7(14,15)9(17,18)11(21,22)10(19,20)8(16,12(23,24)25)13(26,27)28/h3-4,29H,2H2,1H3,(H,30,31). The minimum Gasteiger partial charge on any atom is -0.478 e. The fraction of sp³-hybridized carbons (Fsp3) is 0.769. The van der Waals surface area contributed by atoms with E-state index in [9.17, 15) is 70.7 Å². The van der Waals surface area contributed by atoms with Crippen LogP contribution >= 0.6 is 0 Å². The minimum atomic E-state index is -8.58. The number of rotatable bonds is 8. The molecule has 0 aliphatic rings. The van der Waals surface area contributed by atoms with Gasteiger partial charge >= 0.3 is 47.7 Å². The van der Waals surface area contributed by atoms with Crippen LogP contribution in [-0.4, -0.2) is 64.0 Å². The highest BCUT2D eigenvalue weighted by Gasteiger charge is 2.95. The number of halogens is 15. The number of alkyl halides is 15. The van der Waals surface area contributed by atoms with Crippen molar-refractivity contribution >= 4 is 5.97 Å². The molecule has 0 bridgehead atoms. The molecule has 0 fully saturated rings. The van der Waals surface area contributed by atoms with Gasteiger partial charge in [0.05, 0.1) is 6.10 Å². The fourth-order valence-corrected chi connectivity index (χ4v) is 1.98. The molecule has 0 radical (unpaired) electrons. The highest BCUT2D eigenvalue weighted by Crippen LogP contribution is 2.63. The van der Waals surface area contributed by atoms with Crippen LogP contribution in [-0.2, 0) is 4.79 Å². The van der Waals surface area contributed by atoms with Crippen LogP contribution in [0.1, 0.15) is 13.3 Å². The molecular weight excluding hydrogens is 489 g/mol. The molecular formula is C13H9F15O3. The third-order valence-electron chi connectivity index (χ3n) is 3.57. The van der Waals surface area contributed by atoms with Gasteiger partial charge in [0.15, 0.2) is 0 Å². The van der Waals surface area contributed by atoms with Crippen molar-refractivity contribution in [1.82, 2.24) is 0 Å². The lowest BCUT2D eigenvalue weighted by molar-refractivity contribution is -0.454. The van der Waals surface area contributed by atoms with E-state index < -0.39 is 71.9 Å². The molecule has 3 nitrogen and oxygen atoms in total. The molecule has 0 aromatic carbocycles. The molecule has 31 heavy (non-hydrogen) atoms. The predicted molar refractivity (Wildman–Crippen MR) is 67.8 cm³/mol. The number of carboxylic acids is 1. The van der Waals surface area contributed by atoms with Crippen molar-refractivity contribution < 1.29 is 80.9 Å². The topological polar surface area (TPSA) is 57.5 Å². The summed E-state index contributed by atoms with van der Waals surface area (Å²) in [7, 11) is 0. The maximum atomic E-state index is 13.6. The summed E-state index contributed by atoms with van der Waals surface area (Å²) in [6.45, 7) is 0.639. The number of carboxylic acid groups (broad SMARTS) is 1. The Hall–Kier alpha value is -1.88. The van der Waals surface area contributed by atoms with E-state index in [1.54, 1.807) is 0 Å². The van der Waals surface area contributed by atoms with E-state index in [1.807, 2.05) is 0 Å². The van der Waals surface area contributed by atoms with Crippen molar-refractivity contribution in [1.29, 1.82) is 0 Å². The summed E-state index contributed by atoms with van der Waals surface area (Å²) in [5, 5.41) is 17.3. The molecule has 1 atom stereocenters. The maximum Gasteiger partial charge on any atom is 0.438 e. The molecule has 18 heteroatoms. The van der Waals surface area contributed by atoms with Gasteiger partial charge in [0.2, 0.25) is 0 Å². The van der Waals surface area contributed by atoms with Gasteiger partial charge in [-0.25, -0.2) is 9.18 Å². The number of carbonyl (C=O) groups is 1. The van der Waals surface area contributed by atoms with Crippen LogP contribution < -0.4 is 0 Å². The number of aliphatic carboxylic acids is 1. The van der Waals surface area contributed by atoms with Crippen molar-refractivity contribution in [2.24, 2.45) is 0 Å². The van der Waals surface area contributed by atoms with E-state index in [-0.39, 0.29) is 0 Å². The van der Waals surface area contributed by atoms with E-state index in [4.69, 9.17) is 10.2 Å². The lowest BCUT2D eigenvalue weighted by Gasteiger charge is -2.42. The third kappa shape index (κ3) is 4.52. The van der Waals surface area contributed by atoms with E-state index in [2.05, 4.69) is 0 Å². The van der Waals surface area contributed by atoms with Gasteiger partial charge in [-0.2, -0.15) is 61.5 Å². The molecule has 0 amide bonds. The van der Waals surface area contributed by atoms with E-state index in [0.717, 1.165) is 0 Å². The molecule has 2 N–H and O–H groups in total. The first-order valence-corrected chi connectivity index (χ1v) is 7.19. The zero-order valence-corrected chi connectivity index (χ0v) is 14.3. The molecule has 0 spiro atoms. The first-order valence-electron chi connectivity index (χ1n) is 7.19. The van der Waals surface area contributed by atoms with Crippen molar-refractivity contribution in [2.75, 3.05) is 0 Å². The van der Waals surface area contributed by atoms with Crippen LogP contribution in [0.15, 0.2) is 11.6 Å². The Morgan fingerprint density at radius 3 is 1.35 bits per heavy atom. The Labute approximate surface area is 161 Å². The second kappa shape index (κ2) is 7.91. The van der Waals surface area contributed by atoms with Crippen molar-refractivity contribution in [3.63, 3.8) is 0 Å². The average Bonchev–Trinajstić information content (AvgIpc) is 2.49. The van der Waals surface area contributed by atoms with Crippen molar-refractivity contribution in [2.45, 2.75) is 61.2 Å². The quantitative estimate of drug-likeness (QED) is 0.360. The summed E-state index contributed by atoms with van der Waals surface area (Å²) in [6, 6.07) is 0. The molecule has 0 aromatic heterocycles. The Kier molecular flexibility index (Phi) is 7.43. The Balaban J connectivity index is 6.91. The van der Waals surface area contributed by atoms with E-state index in [0.29, 0.717) is 6.92 Å². The predicted octanol–water partition coefficient (Wildman–Crippen LogP) is 5.14. The van der Waals surface area contributed by atoms with E-state index >= 15 is 0 Å². The molecule has 0 aromatic rings. The van der Waals surface area contributed by atoms with E-state index in [1.165, 1.54) is 0 Å². The summed E-state index contributed by atoms with van der Waals surface area (Å²) in [4.78, 5) is 10.7. The highest BCUT2D eigenvalue weighted by molar-refractivity contribution is 5.86. The molecule has 184 valence electrons. The SMILES string of the molecule is CC(O)CC(=CC(F)(F)C(F)(F)C(F)(F)C(F)(F)C(F)(C(F)(F)F)C(F)(F)F)C(=O)O. The third-order valence-corrected chi connectivity index (χ3v) is 3.57. The first kappa shape index (κ1) is 29.1. The molecule has 0 aliphatic heterocycles. The fourth-order valence-electron chi connectivity index (χ4n) is 1.98.